The zero-order chi connectivity index (χ0) is 27.8. The second-order valence-corrected chi connectivity index (χ2v) is 10.1. The highest BCUT2D eigenvalue weighted by Crippen LogP contribution is 2.27. The minimum absolute atomic E-state index is 0.106. The third-order valence-corrected chi connectivity index (χ3v) is 7.05. The molecule has 5 nitrogen and oxygen atoms in total. The van der Waals surface area contributed by atoms with Crippen molar-refractivity contribution < 1.29 is 13.6 Å². The van der Waals surface area contributed by atoms with Gasteiger partial charge in [0.2, 0.25) is 0 Å². The van der Waals surface area contributed by atoms with Crippen LogP contribution in [0.3, 0.4) is 0 Å². The van der Waals surface area contributed by atoms with Crippen LogP contribution in [0.1, 0.15) is 41.3 Å². The molecule has 1 saturated heterocycles. The van der Waals surface area contributed by atoms with Crippen LogP contribution >= 0.6 is 11.6 Å². The smallest absolute Gasteiger partial charge is 0.284 e. The van der Waals surface area contributed by atoms with Crippen molar-refractivity contribution >= 4 is 28.9 Å². The summed E-state index contributed by atoms with van der Waals surface area (Å²) < 4.78 is 28.3. The van der Waals surface area contributed by atoms with Gasteiger partial charge >= 0.3 is 0 Å². The summed E-state index contributed by atoms with van der Waals surface area (Å²) in [7, 11) is 1.44. The Labute approximate surface area is 233 Å². The molecule has 204 valence electrons. The van der Waals surface area contributed by atoms with E-state index in [1.54, 1.807) is 48.5 Å². The Bertz CT molecular complexity index is 1310. The van der Waals surface area contributed by atoms with Gasteiger partial charge in [-0.05, 0) is 48.7 Å². The van der Waals surface area contributed by atoms with Gasteiger partial charge < -0.3 is 10.6 Å². The van der Waals surface area contributed by atoms with E-state index in [2.05, 4.69) is 32.7 Å². The van der Waals surface area contributed by atoms with Gasteiger partial charge in [-0.15, -0.1) is 0 Å². The van der Waals surface area contributed by atoms with E-state index in [1.807, 2.05) is 18.2 Å². The monoisotopic (exact) mass is 550 g/mol. The van der Waals surface area contributed by atoms with Gasteiger partial charge in [0.25, 0.3) is 11.8 Å². The van der Waals surface area contributed by atoms with Gasteiger partial charge in [0.1, 0.15) is 0 Å². The third kappa shape index (κ3) is 7.97. The van der Waals surface area contributed by atoms with Gasteiger partial charge in [0, 0.05) is 50.8 Å². The molecule has 3 aromatic rings. The van der Waals surface area contributed by atoms with Gasteiger partial charge in [0.05, 0.1) is 22.1 Å². The molecule has 1 aliphatic heterocycles. The highest BCUT2D eigenvalue weighted by atomic mass is 35.5. The van der Waals surface area contributed by atoms with Crippen LogP contribution in [0.15, 0.2) is 95.6 Å². The first kappa shape index (κ1) is 28.5. The molecule has 39 heavy (non-hydrogen) atoms. The Hall–Kier alpha value is -3.55. The van der Waals surface area contributed by atoms with Crippen LogP contribution < -0.4 is 10.6 Å². The number of amides is 1. The van der Waals surface area contributed by atoms with Crippen LogP contribution in [0.25, 0.3) is 0 Å². The van der Waals surface area contributed by atoms with Crippen LogP contribution in [-0.2, 0) is 6.54 Å². The molecule has 1 heterocycles. The number of carbonyl (C=O) groups is 1. The number of hydrogen-bond donors (Lipinski definition) is 2. The lowest BCUT2D eigenvalue weighted by atomic mass is 10.0. The van der Waals surface area contributed by atoms with Gasteiger partial charge in [-0.3, -0.25) is 9.69 Å². The molecule has 1 aliphatic rings. The number of allylic oxidation sites excluding steroid dienone is 2. The van der Waals surface area contributed by atoms with Crippen LogP contribution in [0.4, 0.5) is 14.5 Å². The van der Waals surface area contributed by atoms with Crippen molar-refractivity contribution in [3.8, 4) is 0 Å². The third-order valence-electron chi connectivity index (χ3n) is 6.73. The van der Waals surface area contributed by atoms with Crippen LogP contribution in [-0.4, -0.2) is 48.6 Å². The number of nitrogens with one attached hydrogen (secondary N) is 2. The molecule has 8 heteroatoms. The van der Waals surface area contributed by atoms with E-state index < -0.39 is 5.92 Å². The number of nitrogens with zero attached hydrogens (tertiary/aromatic N) is 2. The molecule has 2 N–H and O–H groups in total. The van der Waals surface area contributed by atoms with E-state index in [0.29, 0.717) is 27.5 Å². The second kappa shape index (κ2) is 13.0. The molecule has 1 fully saturated rings. The summed E-state index contributed by atoms with van der Waals surface area (Å²) in [5.74, 6) is -3.24. The number of carbonyl (C=O) groups excluding carboxylic acids is 1. The molecule has 0 spiro atoms. The summed E-state index contributed by atoms with van der Waals surface area (Å²) in [5, 5.41) is 6.11. The molecule has 0 radical (unpaired) electrons. The minimum atomic E-state index is -3.09. The molecule has 0 aliphatic carbocycles. The number of hydrogen-bond acceptors (Lipinski definition) is 4. The van der Waals surface area contributed by atoms with Gasteiger partial charge in [0.15, 0.2) is 0 Å². The lowest BCUT2D eigenvalue weighted by molar-refractivity contribution is 0.0571. The van der Waals surface area contributed by atoms with Crippen molar-refractivity contribution in [2.75, 3.05) is 20.1 Å². The number of para-hydroxylation sites is 1. The molecular weight excluding hydrogens is 518 g/mol. The fourth-order valence-corrected chi connectivity index (χ4v) is 4.72. The number of piperidine rings is 1. The predicted octanol–water partition coefficient (Wildman–Crippen LogP) is 6.61. The normalized spacial score (nSPS) is 15.7. The van der Waals surface area contributed by atoms with Crippen molar-refractivity contribution in [1.82, 2.24) is 15.5 Å². The fraction of sp³-hybridized carbons (Fsp3) is 0.290. The molecule has 0 aromatic heterocycles. The van der Waals surface area contributed by atoms with Crippen molar-refractivity contribution in [3.05, 3.63) is 112 Å². The van der Waals surface area contributed by atoms with Crippen molar-refractivity contribution in [1.29, 1.82) is 0 Å². The average molecular weight is 551 g/mol. The zero-order valence-electron chi connectivity index (χ0n) is 22.1. The topological polar surface area (TPSA) is 56.7 Å². The van der Waals surface area contributed by atoms with E-state index in [0.717, 1.165) is 39.4 Å². The lowest BCUT2D eigenvalue weighted by Crippen LogP contribution is -2.44. The van der Waals surface area contributed by atoms with Crippen LogP contribution in [0.5, 0.6) is 0 Å². The lowest BCUT2D eigenvalue weighted by Gasteiger charge is -2.32. The van der Waals surface area contributed by atoms with Crippen molar-refractivity contribution in [2.24, 2.45) is 4.99 Å². The Kier molecular flexibility index (Phi) is 9.49. The summed E-state index contributed by atoms with van der Waals surface area (Å²) in [5.41, 5.74) is 2.84. The molecule has 3 aromatic carbocycles. The summed E-state index contributed by atoms with van der Waals surface area (Å²) in [6.45, 7) is 3.57. The number of halogens is 3. The molecule has 0 atom stereocenters. The summed E-state index contributed by atoms with van der Waals surface area (Å²) in [6, 6.07) is 24.2. The second-order valence-electron chi connectivity index (χ2n) is 9.73. The molecular formula is C31H33ClF2N4O. The van der Waals surface area contributed by atoms with Gasteiger partial charge in [-0.25, -0.2) is 13.8 Å². The Morgan fingerprint density at radius 3 is 2.23 bits per heavy atom. The maximum absolute atomic E-state index is 14.1. The predicted molar refractivity (Wildman–Crippen MR) is 154 cm³/mol. The standard InChI is InChI=1S/C31H33ClF2N4O/c1-31(33,34)29(35-2)20-28(37-27-11-7-6-10-26(27)32)23-12-14-24(15-13-23)30(39)36-25-16-18-38(19-17-25)21-22-8-4-3-5-9-22/h3-15,20,25,35H,16-19,21H2,1-2H3,(H,36,39). The zero-order valence-corrected chi connectivity index (χ0v) is 22.9. The first-order valence-corrected chi connectivity index (χ1v) is 13.4. The molecule has 1 amide bonds. The summed E-state index contributed by atoms with van der Waals surface area (Å²) >= 11 is 6.28. The summed E-state index contributed by atoms with van der Waals surface area (Å²) in [6.07, 6.45) is 3.07. The van der Waals surface area contributed by atoms with E-state index >= 15 is 0 Å². The first-order chi connectivity index (χ1) is 18.7. The molecule has 0 saturated carbocycles. The molecule has 0 bridgehead atoms. The van der Waals surface area contributed by atoms with E-state index in [9.17, 15) is 13.6 Å². The average Bonchev–Trinajstić information content (AvgIpc) is 2.93. The maximum Gasteiger partial charge on any atom is 0.284 e. The molecule has 0 unspecified atom stereocenters. The molecule has 4 rings (SSSR count). The highest BCUT2D eigenvalue weighted by Gasteiger charge is 2.27. The fourth-order valence-electron chi connectivity index (χ4n) is 4.55. The Morgan fingerprint density at radius 1 is 1.00 bits per heavy atom. The summed E-state index contributed by atoms with van der Waals surface area (Å²) in [4.78, 5) is 19.9. The van der Waals surface area contributed by atoms with Crippen LogP contribution in [0, 0.1) is 0 Å². The number of aliphatic imine (C=N–C) groups is 1. The highest BCUT2D eigenvalue weighted by molar-refractivity contribution is 6.33. The number of rotatable bonds is 9. The quantitative estimate of drug-likeness (QED) is 0.295. The number of alkyl halides is 2. The first-order valence-electron chi connectivity index (χ1n) is 13.0. The largest absolute Gasteiger partial charge is 0.387 e. The SMILES string of the molecule is CNC(=CC(=Nc1ccccc1Cl)c1ccc(C(=O)NC2CCN(Cc3ccccc3)CC2)cc1)C(C)(F)F. The van der Waals surface area contributed by atoms with Gasteiger partial charge in [-0.2, -0.15) is 0 Å². The minimum Gasteiger partial charge on any atom is -0.387 e. The van der Waals surface area contributed by atoms with Gasteiger partial charge in [-0.1, -0.05) is 66.2 Å². The van der Waals surface area contributed by atoms with Crippen molar-refractivity contribution in [3.63, 3.8) is 0 Å². The number of likely N-dealkylation sites (tertiary alicyclic amines) is 1. The van der Waals surface area contributed by atoms with E-state index in [4.69, 9.17) is 11.6 Å². The Balaban J connectivity index is 1.45. The maximum atomic E-state index is 14.1. The number of benzene rings is 3. The van der Waals surface area contributed by atoms with E-state index in [1.165, 1.54) is 18.7 Å². The van der Waals surface area contributed by atoms with Crippen LogP contribution in [0.2, 0.25) is 5.02 Å². The van der Waals surface area contributed by atoms with Crippen molar-refractivity contribution in [2.45, 2.75) is 38.3 Å². The van der Waals surface area contributed by atoms with E-state index in [-0.39, 0.29) is 17.6 Å². The Morgan fingerprint density at radius 2 is 1.62 bits per heavy atom.